The number of hydrogen-bond donors (Lipinski definition) is 2. The summed E-state index contributed by atoms with van der Waals surface area (Å²) in [6.45, 7) is 2.60. The zero-order chi connectivity index (χ0) is 20.2. The minimum atomic E-state index is -0.0384. The maximum Gasteiger partial charge on any atom is 0.257 e. The van der Waals surface area contributed by atoms with Crippen molar-refractivity contribution in [1.82, 2.24) is 10.6 Å². The van der Waals surface area contributed by atoms with Gasteiger partial charge in [0.2, 0.25) is 5.91 Å². The number of thioether (sulfide) groups is 1. The Kier molecular flexibility index (Phi) is 6.05. The summed E-state index contributed by atoms with van der Waals surface area (Å²) >= 11 is 1.66. The van der Waals surface area contributed by atoms with Crippen LogP contribution in [0.25, 0.3) is 6.08 Å². The van der Waals surface area contributed by atoms with Crippen LogP contribution in [0.5, 0.6) is 0 Å². The van der Waals surface area contributed by atoms with E-state index in [1.54, 1.807) is 11.8 Å². The van der Waals surface area contributed by atoms with Gasteiger partial charge < -0.3 is 10.6 Å². The fourth-order valence-electron chi connectivity index (χ4n) is 3.97. The Hall–Kier alpha value is -2.53. The van der Waals surface area contributed by atoms with E-state index in [0.29, 0.717) is 18.2 Å². The minimum Gasteiger partial charge on any atom is -0.352 e. The Morgan fingerprint density at radius 2 is 1.90 bits per heavy atom. The van der Waals surface area contributed by atoms with Gasteiger partial charge in [0.15, 0.2) is 0 Å². The van der Waals surface area contributed by atoms with Gasteiger partial charge >= 0.3 is 0 Å². The topological polar surface area (TPSA) is 58.2 Å². The van der Waals surface area contributed by atoms with Crippen molar-refractivity contribution in [3.05, 3.63) is 76.2 Å². The largest absolute Gasteiger partial charge is 0.352 e. The van der Waals surface area contributed by atoms with Gasteiger partial charge in [-0.1, -0.05) is 60.2 Å². The number of benzene rings is 2. The van der Waals surface area contributed by atoms with Crippen LogP contribution in [-0.4, -0.2) is 23.1 Å². The van der Waals surface area contributed by atoms with E-state index in [1.807, 2.05) is 48.5 Å². The average molecular weight is 407 g/mol. The molecule has 2 aromatic rings. The van der Waals surface area contributed by atoms with E-state index in [9.17, 15) is 9.59 Å². The van der Waals surface area contributed by atoms with Crippen molar-refractivity contribution in [2.75, 3.05) is 0 Å². The van der Waals surface area contributed by atoms with Crippen LogP contribution in [0.15, 0.2) is 59.5 Å². The zero-order valence-electron chi connectivity index (χ0n) is 16.6. The molecule has 1 saturated carbocycles. The number of carbonyl (C=O) groups is 2. The lowest BCUT2D eigenvalue weighted by Gasteiger charge is -2.39. The van der Waals surface area contributed by atoms with Crippen LogP contribution in [0.1, 0.15) is 36.0 Å². The number of fused-ring (bicyclic) bond motifs is 1. The standard InChI is InChI=1S/C24H26N2O2S/c1-16-7-9-17(10-8-16)13-22-24(28)26-20-14-19(11-12-21(20)29-22)23(27)25-15-18-5-3-2-4-6-18/h2-10,13,19-21H,11-12,14-15H2,1H3,(H,25,27)(H,26,28)/b22-13+. The fraction of sp³-hybridized carbons (Fsp3) is 0.333. The highest BCUT2D eigenvalue weighted by molar-refractivity contribution is 8.04. The van der Waals surface area contributed by atoms with Crippen LogP contribution in [-0.2, 0) is 16.1 Å². The molecule has 29 heavy (non-hydrogen) atoms. The zero-order valence-corrected chi connectivity index (χ0v) is 17.4. The second-order valence-corrected chi connectivity index (χ2v) is 9.15. The van der Waals surface area contributed by atoms with Crippen molar-refractivity contribution >= 4 is 29.7 Å². The van der Waals surface area contributed by atoms with Crippen LogP contribution >= 0.6 is 11.8 Å². The Bertz CT molecular complexity index is 908. The molecule has 3 unspecified atom stereocenters. The molecule has 2 aromatic carbocycles. The van der Waals surface area contributed by atoms with Crippen LogP contribution in [0.3, 0.4) is 0 Å². The van der Waals surface area contributed by atoms with E-state index in [0.717, 1.165) is 28.9 Å². The molecule has 1 aliphatic carbocycles. The van der Waals surface area contributed by atoms with Gasteiger partial charge in [0.1, 0.15) is 0 Å². The quantitative estimate of drug-likeness (QED) is 0.753. The van der Waals surface area contributed by atoms with Crippen molar-refractivity contribution < 1.29 is 9.59 Å². The molecular formula is C24H26N2O2S. The average Bonchev–Trinajstić information content (AvgIpc) is 2.74. The summed E-state index contributed by atoms with van der Waals surface area (Å²) in [5.41, 5.74) is 3.35. The summed E-state index contributed by atoms with van der Waals surface area (Å²) < 4.78 is 0. The predicted octanol–water partition coefficient (Wildman–Crippen LogP) is 4.05. The van der Waals surface area contributed by atoms with Gasteiger partial charge in [-0.3, -0.25) is 9.59 Å². The number of nitrogens with one attached hydrogen (secondary N) is 2. The lowest BCUT2D eigenvalue weighted by molar-refractivity contribution is -0.127. The van der Waals surface area contributed by atoms with E-state index in [2.05, 4.69) is 29.7 Å². The molecule has 150 valence electrons. The number of amides is 2. The van der Waals surface area contributed by atoms with E-state index in [4.69, 9.17) is 0 Å². The van der Waals surface area contributed by atoms with Crippen LogP contribution in [0.4, 0.5) is 0 Å². The van der Waals surface area contributed by atoms with Gasteiger partial charge in [-0.05, 0) is 43.4 Å². The van der Waals surface area contributed by atoms with E-state index in [-0.39, 0.29) is 23.8 Å². The second-order valence-electron chi connectivity index (χ2n) is 7.87. The smallest absolute Gasteiger partial charge is 0.257 e. The molecule has 1 aliphatic heterocycles. The summed E-state index contributed by atoms with van der Waals surface area (Å²) in [5.74, 6) is 0.0261. The van der Waals surface area contributed by atoms with Crippen molar-refractivity contribution in [2.45, 2.75) is 44.0 Å². The maximum atomic E-state index is 12.6. The Labute approximate surface area is 176 Å². The Morgan fingerprint density at radius 3 is 2.66 bits per heavy atom. The first-order valence-electron chi connectivity index (χ1n) is 10.2. The van der Waals surface area contributed by atoms with Crippen molar-refractivity contribution in [3.63, 3.8) is 0 Å². The van der Waals surface area contributed by atoms with Gasteiger partial charge in [0.25, 0.3) is 5.91 Å². The highest BCUT2D eigenvalue weighted by Gasteiger charge is 2.39. The van der Waals surface area contributed by atoms with Crippen molar-refractivity contribution in [1.29, 1.82) is 0 Å². The predicted molar refractivity (Wildman–Crippen MR) is 118 cm³/mol. The highest BCUT2D eigenvalue weighted by Crippen LogP contribution is 2.39. The molecule has 0 bridgehead atoms. The van der Waals surface area contributed by atoms with Gasteiger partial charge in [-0.2, -0.15) is 0 Å². The minimum absolute atomic E-state index is 0.0258. The summed E-state index contributed by atoms with van der Waals surface area (Å²) in [4.78, 5) is 26.0. The van der Waals surface area contributed by atoms with E-state index >= 15 is 0 Å². The van der Waals surface area contributed by atoms with Crippen LogP contribution in [0.2, 0.25) is 0 Å². The molecular weight excluding hydrogens is 380 g/mol. The fourth-order valence-corrected chi connectivity index (χ4v) is 5.27. The number of aryl methyl sites for hydroxylation is 1. The molecule has 4 nitrogen and oxygen atoms in total. The highest BCUT2D eigenvalue weighted by atomic mass is 32.2. The SMILES string of the molecule is Cc1ccc(/C=C2/SC3CCC(C(=O)NCc4ccccc4)CC3NC2=O)cc1. The van der Waals surface area contributed by atoms with Gasteiger partial charge in [0.05, 0.1) is 4.91 Å². The van der Waals surface area contributed by atoms with Crippen LogP contribution < -0.4 is 10.6 Å². The molecule has 1 saturated heterocycles. The molecule has 4 rings (SSSR count). The molecule has 2 aliphatic rings. The molecule has 2 fully saturated rings. The Balaban J connectivity index is 1.35. The molecule has 0 spiro atoms. The molecule has 3 atom stereocenters. The van der Waals surface area contributed by atoms with E-state index in [1.165, 1.54) is 5.56 Å². The van der Waals surface area contributed by atoms with Crippen molar-refractivity contribution in [2.24, 2.45) is 5.92 Å². The summed E-state index contributed by atoms with van der Waals surface area (Å²) in [7, 11) is 0. The third kappa shape index (κ3) is 4.91. The summed E-state index contributed by atoms with van der Waals surface area (Å²) in [5, 5.41) is 6.54. The molecule has 2 amide bonds. The maximum absolute atomic E-state index is 12.6. The van der Waals surface area contributed by atoms with Crippen LogP contribution in [0, 0.1) is 12.8 Å². The summed E-state index contributed by atoms with van der Waals surface area (Å²) in [6, 6.07) is 18.2. The third-order valence-electron chi connectivity index (χ3n) is 5.66. The van der Waals surface area contributed by atoms with Crippen molar-refractivity contribution in [3.8, 4) is 0 Å². The summed E-state index contributed by atoms with van der Waals surface area (Å²) in [6.07, 6.45) is 4.48. The molecule has 1 heterocycles. The lowest BCUT2D eigenvalue weighted by Crippen LogP contribution is -2.51. The first-order valence-corrected chi connectivity index (χ1v) is 11.0. The third-order valence-corrected chi connectivity index (χ3v) is 7.09. The lowest BCUT2D eigenvalue weighted by atomic mass is 9.84. The molecule has 0 radical (unpaired) electrons. The Morgan fingerprint density at radius 1 is 1.14 bits per heavy atom. The monoisotopic (exact) mass is 406 g/mol. The second kappa shape index (κ2) is 8.87. The van der Waals surface area contributed by atoms with Gasteiger partial charge in [-0.25, -0.2) is 0 Å². The molecule has 0 aromatic heterocycles. The number of rotatable bonds is 4. The first-order chi connectivity index (χ1) is 14.1. The van der Waals surface area contributed by atoms with Gasteiger partial charge in [0, 0.05) is 23.8 Å². The molecule has 2 N–H and O–H groups in total. The number of hydrogen-bond acceptors (Lipinski definition) is 3. The van der Waals surface area contributed by atoms with Gasteiger partial charge in [-0.15, -0.1) is 11.8 Å². The number of carbonyl (C=O) groups excluding carboxylic acids is 2. The molecule has 5 heteroatoms. The first kappa shape index (κ1) is 19.8. The normalized spacial score (nSPS) is 25.2. The van der Waals surface area contributed by atoms with E-state index < -0.39 is 0 Å².